The first-order valence-corrected chi connectivity index (χ1v) is 8.81. The Kier molecular flexibility index (Phi) is 6.56. The van der Waals surface area contributed by atoms with E-state index in [0.717, 1.165) is 25.6 Å². The van der Waals surface area contributed by atoms with Crippen molar-refractivity contribution in [3.63, 3.8) is 0 Å². The molecule has 1 amide bonds. The van der Waals surface area contributed by atoms with Gasteiger partial charge in [-0.25, -0.2) is 4.98 Å². The molecule has 1 N–H and O–H groups in total. The molecule has 0 aliphatic carbocycles. The van der Waals surface area contributed by atoms with Crippen molar-refractivity contribution < 1.29 is 27.4 Å². The average Bonchev–Trinajstić information content (AvgIpc) is 2.55. The van der Waals surface area contributed by atoms with Crippen LogP contribution in [0.3, 0.4) is 0 Å². The number of amides is 1. The van der Waals surface area contributed by atoms with Crippen molar-refractivity contribution in [1.29, 1.82) is 0 Å². The molecule has 27 heavy (non-hydrogen) atoms. The molecule has 2 heterocycles. The third-order valence-corrected chi connectivity index (χ3v) is 4.57. The maximum atomic E-state index is 12.7. The first-order valence-electron chi connectivity index (χ1n) is 8.81. The molecular formula is C18H26F3N3O3. The number of carbonyl (C=O) groups excluding carboxylic acids is 1. The smallest absolute Gasteiger partial charge is 0.474 e. The number of piperidine rings is 1. The fourth-order valence-corrected chi connectivity index (χ4v) is 2.93. The number of hydrogen-bond donors (Lipinski definition) is 1. The summed E-state index contributed by atoms with van der Waals surface area (Å²) in [6.07, 6.45) is -2.70. The minimum Gasteiger partial charge on any atom is -0.474 e. The van der Waals surface area contributed by atoms with Crippen LogP contribution in [-0.4, -0.2) is 54.9 Å². The Balaban J connectivity index is 1.97. The molecule has 1 fully saturated rings. The van der Waals surface area contributed by atoms with Crippen LogP contribution < -0.4 is 14.8 Å². The second-order valence-corrected chi connectivity index (χ2v) is 7.64. The van der Waals surface area contributed by atoms with Crippen molar-refractivity contribution in [2.45, 2.75) is 39.6 Å². The van der Waals surface area contributed by atoms with Gasteiger partial charge in [0.2, 0.25) is 5.91 Å². The molecule has 0 radical (unpaired) electrons. The van der Waals surface area contributed by atoms with Gasteiger partial charge in [-0.05, 0) is 51.9 Å². The van der Waals surface area contributed by atoms with Gasteiger partial charge in [-0.1, -0.05) is 6.92 Å². The molecular weight excluding hydrogens is 363 g/mol. The van der Waals surface area contributed by atoms with Crippen LogP contribution in [0.5, 0.6) is 11.6 Å². The summed E-state index contributed by atoms with van der Waals surface area (Å²) in [5, 5.41) is 3.04. The van der Waals surface area contributed by atoms with Crippen molar-refractivity contribution in [3.8, 4) is 11.6 Å². The quantitative estimate of drug-likeness (QED) is 0.811. The van der Waals surface area contributed by atoms with Crippen LogP contribution in [0.4, 0.5) is 13.2 Å². The zero-order valence-electron chi connectivity index (χ0n) is 16.0. The normalized spacial score (nSPS) is 21.6. The van der Waals surface area contributed by atoms with Crippen molar-refractivity contribution in [3.05, 3.63) is 18.3 Å². The Hall–Kier alpha value is -2.03. The zero-order valence-corrected chi connectivity index (χ0v) is 16.0. The summed E-state index contributed by atoms with van der Waals surface area (Å²) in [5.74, 6) is -0.737. The maximum absolute atomic E-state index is 12.7. The molecule has 6 nitrogen and oxygen atoms in total. The first-order chi connectivity index (χ1) is 12.5. The third kappa shape index (κ3) is 6.27. The number of carbonyl (C=O) groups is 1. The standard InChI is InChI=1S/C18H26F3N3O3/c1-12-10-24(4)9-7-13(12)23-16(25)17(2,3)11-26-15-14(6-5-8-22-15)27-18(19,20)21/h5-6,8,12-13H,7,9-11H2,1-4H3,(H,23,25)/t12-,13+/m1/s1. The lowest BCUT2D eigenvalue weighted by molar-refractivity contribution is -0.275. The van der Waals surface area contributed by atoms with E-state index in [9.17, 15) is 18.0 Å². The van der Waals surface area contributed by atoms with Gasteiger partial charge in [-0.15, -0.1) is 13.2 Å². The number of likely N-dealkylation sites (tertiary alicyclic amines) is 1. The van der Waals surface area contributed by atoms with Crippen LogP contribution in [0.2, 0.25) is 0 Å². The minimum atomic E-state index is -4.85. The molecule has 2 rings (SSSR count). The highest BCUT2D eigenvalue weighted by atomic mass is 19.4. The van der Waals surface area contributed by atoms with E-state index >= 15 is 0 Å². The molecule has 152 valence electrons. The minimum absolute atomic E-state index is 0.0620. The van der Waals surface area contributed by atoms with Crippen LogP contribution in [0.25, 0.3) is 0 Å². The van der Waals surface area contributed by atoms with Gasteiger partial charge < -0.3 is 19.7 Å². The highest BCUT2D eigenvalue weighted by Crippen LogP contribution is 2.31. The lowest BCUT2D eigenvalue weighted by Crippen LogP contribution is -2.52. The number of alkyl halides is 3. The Bertz CT molecular complexity index is 652. The highest BCUT2D eigenvalue weighted by molar-refractivity contribution is 5.82. The second-order valence-electron chi connectivity index (χ2n) is 7.64. The summed E-state index contributed by atoms with van der Waals surface area (Å²) in [7, 11) is 2.04. The van der Waals surface area contributed by atoms with Gasteiger partial charge in [0.05, 0.1) is 5.41 Å². The number of hydrogen-bond acceptors (Lipinski definition) is 5. The lowest BCUT2D eigenvalue weighted by Gasteiger charge is -2.37. The summed E-state index contributed by atoms with van der Waals surface area (Å²) in [6, 6.07) is 2.49. The van der Waals surface area contributed by atoms with Crippen molar-refractivity contribution >= 4 is 5.91 Å². The molecule has 0 bridgehead atoms. The molecule has 1 saturated heterocycles. The SMILES string of the molecule is C[C@@H]1CN(C)CC[C@@H]1NC(=O)C(C)(C)COc1ncccc1OC(F)(F)F. The van der Waals surface area contributed by atoms with E-state index in [2.05, 4.69) is 26.9 Å². The predicted molar refractivity (Wildman–Crippen MR) is 93.4 cm³/mol. The molecule has 0 saturated carbocycles. The summed E-state index contributed by atoms with van der Waals surface area (Å²) < 4.78 is 46.7. The van der Waals surface area contributed by atoms with Crippen molar-refractivity contribution in [2.24, 2.45) is 11.3 Å². The number of halogens is 3. The highest BCUT2D eigenvalue weighted by Gasteiger charge is 2.35. The Labute approximate surface area is 157 Å². The predicted octanol–water partition coefficient (Wildman–Crippen LogP) is 2.84. The zero-order chi connectivity index (χ0) is 20.2. The molecule has 1 aromatic rings. The van der Waals surface area contributed by atoms with Gasteiger partial charge in [0.15, 0.2) is 5.75 Å². The second kappa shape index (κ2) is 8.33. The van der Waals surface area contributed by atoms with Crippen LogP contribution in [0.1, 0.15) is 27.2 Å². The van der Waals surface area contributed by atoms with Crippen LogP contribution >= 0.6 is 0 Å². The maximum Gasteiger partial charge on any atom is 0.573 e. The monoisotopic (exact) mass is 389 g/mol. The lowest BCUT2D eigenvalue weighted by atomic mass is 9.89. The van der Waals surface area contributed by atoms with Crippen molar-refractivity contribution in [2.75, 3.05) is 26.7 Å². The molecule has 0 unspecified atom stereocenters. The van der Waals surface area contributed by atoms with Gasteiger partial charge in [0.25, 0.3) is 5.88 Å². The Morgan fingerprint density at radius 3 is 2.74 bits per heavy atom. The molecule has 1 aliphatic heterocycles. The first kappa shape index (κ1) is 21.3. The third-order valence-electron chi connectivity index (χ3n) is 4.57. The van der Waals surface area contributed by atoms with E-state index < -0.39 is 17.5 Å². The number of aromatic nitrogens is 1. The number of ether oxygens (including phenoxy) is 2. The van der Waals surface area contributed by atoms with Crippen LogP contribution in [0.15, 0.2) is 18.3 Å². The van der Waals surface area contributed by atoms with Crippen LogP contribution in [-0.2, 0) is 4.79 Å². The number of nitrogens with zero attached hydrogens (tertiary/aromatic N) is 2. The molecule has 2 atom stereocenters. The molecule has 1 aromatic heterocycles. The van der Waals surface area contributed by atoms with Gasteiger partial charge in [0.1, 0.15) is 6.61 Å². The van der Waals surface area contributed by atoms with Gasteiger partial charge in [-0.2, -0.15) is 0 Å². The Morgan fingerprint density at radius 1 is 1.41 bits per heavy atom. The van der Waals surface area contributed by atoms with E-state index in [1.165, 1.54) is 12.3 Å². The number of pyridine rings is 1. The molecule has 1 aliphatic rings. The average molecular weight is 389 g/mol. The summed E-state index contributed by atoms with van der Waals surface area (Å²) in [6.45, 7) is 7.10. The van der Waals surface area contributed by atoms with Gasteiger partial charge in [-0.3, -0.25) is 4.79 Å². The number of rotatable bonds is 6. The molecule has 0 spiro atoms. The fourth-order valence-electron chi connectivity index (χ4n) is 2.93. The summed E-state index contributed by atoms with van der Waals surface area (Å²) in [4.78, 5) is 18.6. The molecule has 9 heteroatoms. The summed E-state index contributed by atoms with van der Waals surface area (Å²) in [5.41, 5.74) is -0.948. The topological polar surface area (TPSA) is 63.7 Å². The summed E-state index contributed by atoms with van der Waals surface area (Å²) >= 11 is 0. The largest absolute Gasteiger partial charge is 0.573 e. The van der Waals surface area contributed by atoms with Crippen molar-refractivity contribution in [1.82, 2.24) is 15.2 Å². The van der Waals surface area contributed by atoms with E-state index in [0.29, 0.717) is 5.92 Å². The van der Waals surface area contributed by atoms with Crippen LogP contribution in [0, 0.1) is 11.3 Å². The van der Waals surface area contributed by atoms with E-state index in [-0.39, 0.29) is 24.4 Å². The van der Waals surface area contributed by atoms with E-state index in [1.807, 2.05) is 7.05 Å². The Morgan fingerprint density at radius 2 is 2.11 bits per heavy atom. The van der Waals surface area contributed by atoms with E-state index in [4.69, 9.17) is 4.74 Å². The number of nitrogens with one attached hydrogen (secondary N) is 1. The van der Waals surface area contributed by atoms with Gasteiger partial charge in [0, 0.05) is 18.8 Å². The van der Waals surface area contributed by atoms with Gasteiger partial charge >= 0.3 is 6.36 Å². The van der Waals surface area contributed by atoms with E-state index in [1.54, 1.807) is 13.8 Å². The molecule has 0 aromatic carbocycles. The fraction of sp³-hybridized carbons (Fsp3) is 0.667.